The van der Waals surface area contributed by atoms with Crippen LogP contribution in [0.3, 0.4) is 0 Å². The average molecular weight is 377 g/mol. The minimum absolute atomic E-state index is 0.598. The van der Waals surface area contributed by atoms with E-state index in [4.69, 9.17) is 14.7 Å². The summed E-state index contributed by atoms with van der Waals surface area (Å²) in [5.41, 5.74) is 3.06. The molecule has 5 nitrogen and oxygen atoms in total. The molecule has 28 heavy (non-hydrogen) atoms. The molecule has 1 heterocycles. The fourth-order valence-corrected chi connectivity index (χ4v) is 3.00. The highest BCUT2D eigenvalue weighted by Gasteiger charge is 2.11. The van der Waals surface area contributed by atoms with Crippen LogP contribution >= 0.6 is 0 Å². The Bertz CT molecular complexity index is 883. The zero-order valence-electron chi connectivity index (χ0n) is 16.9. The topological polar surface area (TPSA) is 50.3 Å². The Morgan fingerprint density at radius 3 is 2.50 bits per heavy atom. The summed E-state index contributed by atoms with van der Waals surface area (Å²) in [5.74, 6) is 2.39. The van der Waals surface area contributed by atoms with Crippen molar-refractivity contribution in [3.8, 4) is 17.0 Å². The molecular weight excluding hydrogens is 348 g/mol. The van der Waals surface area contributed by atoms with Crippen molar-refractivity contribution in [2.45, 2.75) is 26.3 Å². The van der Waals surface area contributed by atoms with Gasteiger partial charge in [0, 0.05) is 37.3 Å². The molecule has 0 bridgehead atoms. The number of para-hydroxylation sites is 1. The second-order valence-corrected chi connectivity index (χ2v) is 6.74. The fourth-order valence-electron chi connectivity index (χ4n) is 3.00. The fraction of sp³-hybridized carbons (Fsp3) is 0.304. The normalized spacial score (nSPS) is 10.5. The molecule has 0 fully saturated rings. The van der Waals surface area contributed by atoms with Crippen LogP contribution in [0.1, 0.15) is 25.3 Å². The molecule has 0 radical (unpaired) electrons. The molecule has 0 unspecified atom stereocenters. The van der Waals surface area contributed by atoms with E-state index in [0.29, 0.717) is 12.5 Å². The summed E-state index contributed by atoms with van der Waals surface area (Å²) in [6.07, 6.45) is 2.28. The molecule has 3 aromatic rings. The number of methoxy groups -OCH3 is 1. The highest BCUT2D eigenvalue weighted by molar-refractivity contribution is 5.64. The molecule has 1 N–H and O–H groups in total. The Hall–Kier alpha value is -3.08. The maximum absolute atomic E-state index is 5.44. The van der Waals surface area contributed by atoms with Gasteiger partial charge in [-0.1, -0.05) is 61.9 Å². The molecule has 5 heteroatoms. The van der Waals surface area contributed by atoms with Gasteiger partial charge in [0.05, 0.1) is 12.8 Å². The van der Waals surface area contributed by atoms with Crippen LogP contribution in [-0.2, 0) is 6.54 Å². The van der Waals surface area contributed by atoms with Gasteiger partial charge in [-0.15, -0.1) is 0 Å². The zero-order valence-corrected chi connectivity index (χ0v) is 16.9. The summed E-state index contributed by atoms with van der Waals surface area (Å²) in [6.45, 7) is 3.76. The first-order valence-corrected chi connectivity index (χ1v) is 9.72. The van der Waals surface area contributed by atoms with Gasteiger partial charge in [0.15, 0.2) is 0 Å². The number of anilines is 2. The number of hydrogen-bond acceptors (Lipinski definition) is 5. The number of aromatic nitrogens is 2. The minimum atomic E-state index is 0.598. The lowest BCUT2D eigenvalue weighted by molar-refractivity contribution is 0.410. The Balaban J connectivity index is 1.88. The van der Waals surface area contributed by atoms with Crippen LogP contribution in [0.2, 0.25) is 0 Å². The predicted octanol–water partition coefficient (Wildman–Crippen LogP) is 5.00. The van der Waals surface area contributed by atoms with Crippen molar-refractivity contribution in [1.29, 1.82) is 0 Å². The molecule has 0 aliphatic carbocycles. The number of ether oxygens (including phenoxy) is 1. The molecular formula is C23H28N4O. The summed E-state index contributed by atoms with van der Waals surface area (Å²) in [4.78, 5) is 11.7. The van der Waals surface area contributed by atoms with E-state index in [-0.39, 0.29) is 0 Å². The largest absolute Gasteiger partial charge is 0.496 e. The number of benzene rings is 2. The van der Waals surface area contributed by atoms with Crippen molar-refractivity contribution in [3.63, 3.8) is 0 Å². The summed E-state index contributed by atoms with van der Waals surface area (Å²) in [7, 11) is 3.77. The van der Waals surface area contributed by atoms with E-state index in [0.717, 1.165) is 47.8 Å². The second kappa shape index (κ2) is 9.74. The number of nitrogens with one attached hydrogen (secondary N) is 1. The van der Waals surface area contributed by atoms with Crippen molar-refractivity contribution in [2.75, 3.05) is 30.9 Å². The number of rotatable bonds is 9. The lowest BCUT2D eigenvalue weighted by Gasteiger charge is -2.20. The van der Waals surface area contributed by atoms with Crippen molar-refractivity contribution >= 4 is 11.8 Å². The number of unbranched alkanes of at least 4 members (excludes halogenated alkanes) is 1. The summed E-state index contributed by atoms with van der Waals surface area (Å²) < 4.78 is 5.44. The zero-order chi connectivity index (χ0) is 19.8. The molecule has 0 saturated carbocycles. The molecule has 3 rings (SSSR count). The highest BCUT2D eigenvalue weighted by Crippen LogP contribution is 2.24. The molecule has 0 amide bonds. The third kappa shape index (κ3) is 5.00. The maximum atomic E-state index is 5.44. The predicted molar refractivity (Wildman–Crippen MR) is 116 cm³/mol. The van der Waals surface area contributed by atoms with Gasteiger partial charge < -0.3 is 15.0 Å². The van der Waals surface area contributed by atoms with Gasteiger partial charge in [-0.25, -0.2) is 4.98 Å². The maximum Gasteiger partial charge on any atom is 0.225 e. The smallest absolute Gasteiger partial charge is 0.225 e. The van der Waals surface area contributed by atoms with Crippen molar-refractivity contribution in [2.24, 2.45) is 0 Å². The summed E-state index contributed by atoms with van der Waals surface area (Å²) >= 11 is 0. The van der Waals surface area contributed by atoms with Crippen LogP contribution in [0.15, 0.2) is 60.7 Å². The van der Waals surface area contributed by atoms with E-state index in [2.05, 4.69) is 42.4 Å². The van der Waals surface area contributed by atoms with E-state index in [1.54, 1.807) is 7.11 Å². The average Bonchev–Trinajstić information content (AvgIpc) is 2.76. The molecule has 0 spiro atoms. The van der Waals surface area contributed by atoms with Gasteiger partial charge in [-0.05, 0) is 12.5 Å². The van der Waals surface area contributed by atoms with Crippen molar-refractivity contribution in [3.05, 3.63) is 66.2 Å². The molecule has 0 atom stereocenters. The van der Waals surface area contributed by atoms with E-state index in [1.165, 1.54) is 0 Å². The molecule has 2 aromatic carbocycles. The van der Waals surface area contributed by atoms with Crippen molar-refractivity contribution < 1.29 is 4.74 Å². The first kappa shape index (κ1) is 19.7. The quantitative estimate of drug-likeness (QED) is 0.569. The molecule has 0 aliphatic rings. The highest BCUT2D eigenvalue weighted by atomic mass is 16.5. The number of hydrogen-bond donors (Lipinski definition) is 1. The summed E-state index contributed by atoms with van der Waals surface area (Å²) in [5, 5.41) is 3.37. The first-order valence-electron chi connectivity index (χ1n) is 9.72. The van der Waals surface area contributed by atoms with Gasteiger partial charge in [0.2, 0.25) is 5.95 Å². The van der Waals surface area contributed by atoms with Crippen LogP contribution in [0.25, 0.3) is 11.3 Å². The Morgan fingerprint density at radius 2 is 1.75 bits per heavy atom. The molecule has 146 valence electrons. The molecule has 0 saturated heterocycles. The van der Waals surface area contributed by atoms with Crippen molar-refractivity contribution in [1.82, 2.24) is 9.97 Å². The van der Waals surface area contributed by atoms with Crippen LogP contribution < -0.4 is 15.0 Å². The molecule has 0 aliphatic heterocycles. The third-order valence-electron chi connectivity index (χ3n) is 4.65. The minimum Gasteiger partial charge on any atom is -0.496 e. The van der Waals surface area contributed by atoms with E-state index < -0.39 is 0 Å². The monoisotopic (exact) mass is 376 g/mol. The first-order chi connectivity index (χ1) is 13.7. The lowest BCUT2D eigenvalue weighted by Crippen LogP contribution is -2.20. The van der Waals surface area contributed by atoms with Gasteiger partial charge in [-0.3, -0.25) is 0 Å². The van der Waals surface area contributed by atoms with Gasteiger partial charge in [-0.2, -0.15) is 4.98 Å². The van der Waals surface area contributed by atoms with Crippen LogP contribution in [-0.4, -0.2) is 30.7 Å². The Kier molecular flexibility index (Phi) is 6.84. The van der Waals surface area contributed by atoms with Crippen LogP contribution in [0, 0.1) is 0 Å². The van der Waals surface area contributed by atoms with Gasteiger partial charge in [0.25, 0.3) is 0 Å². The van der Waals surface area contributed by atoms with E-state index >= 15 is 0 Å². The summed E-state index contributed by atoms with van der Waals surface area (Å²) in [6, 6.07) is 20.2. The second-order valence-electron chi connectivity index (χ2n) is 6.74. The Morgan fingerprint density at radius 1 is 1.00 bits per heavy atom. The molecule has 1 aromatic heterocycles. The van der Waals surface area contributed by atoms with E-state index in [9.17, 15) is 0 Å². The van der Waals surface area contributed by atoms with E-state index in [1.807, 2.05) is 42.5 Å². The van der Waals surface area contributed by atoms with Gasteiger partial charge in [0.1, 0.15) is 11.6 Å². The van der Waals surface area contributed by atoms with Crippen LogP contribution in [0.5, 0.6) is 5.75 Å². The number of nitrogens with zero attached hydrogens (tertiary/aromatic N) is 3. The third-order valence-corrected chi connectivity index (χ3v) is 4.65. The Labute approximate surface area is 167 Å². The van der Waals surface area contributed by atoms with Gasteiger partial charge >= 0.3 is 0 Å². The standard InChI is InChI=1S/C23H28N4O/c1-4-5-15-27(2)22-16-20(18-11-7-6-8-12-18)25-23(26-22)24-17-19-13-9-10-14-21(19)28-3/h6-14,16H,4-5,15,17H2,1-3H3,(H,24,25,26). The SMILES string of the molecule is CCCCN(C)c1cc(-c2ccccc2)nc(NCc2ccccc2OC)n1. The van der Waals surface area contributed by atoms with Crippen LogP contribution in [0.4, 0.5) is 11.8 Å². The lowest BCUT2D eigenvalue weighted by atomic mass is 10.1.